The average Bonchev–Trinajstić information content (AvgIpc) is 2.61. The standard InChI is InChI=1S/C21H18N2O/c1-14-7-9-18-16(11-14)8-10-19(21(18)24)20(17(12-22)13-23)15-5-3-2-4-6-15/h2-7,9,11,17,19-20H,8,10H2,1H3. The number of hydrogen-bond acceptors (Lipinski definition) is 3. The molecule has 24 heavy (non-hydrogen) atoms. The summed E-state index contributed by atoms with van der Waals surface area (Å²) in [6, 6.07) is 19.6. The fourth-order valence-electron chi connectivity index (χ4n) is 3.68. The van der Waals surface area contributed by atoms with Crippen LogP contribution in [0.2, 0.25) is 0 Å². The van der Waals surface area contributed by atoms with Crippen LogP contribution in [0.25, 0.3) is 0 Å². The maximum Gasteiger partial charge on any atom is 0.166 e. The lowest BCUT2D eigenvalue weighted by Gasteiger charge is -2.31. The number of nitrogens with zero attached hydrogens (tertiary/aromatic N) is 2. The highest BCUT2D eigenvalue weighted by Crippen LogP contribution is 2.40. The van der Waals surface area contributed by atoms with Gasteiger partial charge in [0, 0.05) is 17.4 Å². The molecule has 0 N–H and O–H groups in total. The fourth-order valence-corrected chi connectivity index (χ4v) is 3.68. The monoisotopic (exact) mass is 314 g/mol. The fraction of sp³-hybridized carbons (Fsp3) is 0.286. The van der Waals surface area contributed by atoms with E-state index in [1.54, 1.807) is 0 Å². The molecule has 0 saturated heterocycles. The molecular formula is C21H18N2O. The Morgan fingerprint density at radius 3 is 2.46 bits per heavy atom. The Hall–Kier alpha value is -2.91. The number of rotatable bonds is 3. The first-order valence-electron chi connectivity index (χ1n) is 8.13. The number of nitriles is 2. The summed E-state index contributed by atoms with van der Waals surface area (Å²) in [5, 5.41) is 18.8. The van der Waals surface area contributed by atoms with Gasteiger partial charge in [-0.3, -0.25) is 4.79 Å². The molecule has 2 aromatic carbocycles. The normalized spacial score (nSPS) is 17.7. The van der Waals surface area contributed by atoms with Crippen LogP contribution in [0.1, 0.15) is 39.4 Å². The predicted molar refractivity (Wildman–Crippen MR) is 91.2 cm³/mol. The Bertz CT molecular complexity index is 828. The number of carbonyl (C=O) groups is 1. The maximum absolute atomic E-state index is 13.1. The van der Waals surface area contributed by atoms with E-state index < -0.39 is 5.92 Å². The van der Waals surface area contributed by atoms with Crippen molar-refractivity contribution in [3.63, 3.8) is 0 Å². The zero-order chi connectivity index (χ0) is 17.1. The van der Waals surface area contributed by atoms with Crippen LogP contribution in [0.4, 0.5) is 0 Å². The summed E-state index contributed by atoms with van der Waals surface area (Å²) in [6.45, 7) is 2.02. The Kier molecular flexibility index (Phi) is 4.45. The van der Waals surface area contributed by atoms with E-state index in [-0.39, 0.29) is 17.6 Å². The van der Waals surface area contributed by atoms with Crippen LogP contribution in [0.3, 0.4) is 0 Å². The summed E-state index contributed by atoms with van der Waals surface area (Å²) in [7, 11) is 0. The van der Waals surface area contributed by atoms with E-state index in [2.05, 4.69) is 18.2 Å². The number of fused-ring (bicyclic) bond motifs is 1. The van der Waals surface area contributed by atoms with E-state index >= 15 is 0 Å². The topological polar surface area (TPSA) is 64.7 Å². The van der Waals surface area contributed by atoms with Crippen molar-refractivity contribution in [1.29, 1.82) is 10.5 Å². The number of benzene rings is 2. The molecule has 0 fully saturated rings. The highest BCUT2D eigenvalue weighted by Gasteiger charge is 2.38. The summed E-state index contributed by atoms with van der Waals surface area (Å²) in [5.74, 6) is -1.48. The van der Waals surface area contributed by atoms with E-state index in [1.165, 1.54) is 0 Å². The van der Waals surface area contributed by atoms with Crippen molar-refractivity contribution in [3.05, 3.63) is 70.8 Å². The third kappa shape index (κ3) is 2.82. The highest BCUT2D eigenvalue weighted by atomic mass is 16.1. The smallest absolute Gasteiger partial charge is 0.166 e. The lowest BCUT2D eigenvalue weighted by molar-refractivity contribution is 0.0872. The van der Waals surface area contributed by atoms with Crippen LogP contribution in [0.15, 0.2) is 48.5 Å². The van der Waals surface area contributed by atoms with Crippen molar-refractivity contribution in [2.45, 2.75) is 25.7 Å². The number of Topliss-reactive ketones (excluding diaryl/α,β-unsaturated/α-hetero) is 1. The Balaban J connectivity index is 2.04. The van der Waals surface area contributed by atoms with Gasteiger partial charge in [-0.05, 0) is 30.9 Å². The van der Waals surface area contributed by atoms with Crippen molar-refractivity contribution >= 4 is 5.78 Å². The summed E-state index contributed by atoms with van der Waals surface area (Å²) in [5.41, 5.74) is 3.85. The zero-order valence-electron chi connectivity index (χ0n) is 13.6. The van der Waals surface area contributed by atoms with Crippen LogP contribution < -0.4 is 0 Å². The van der Waals surface area contributed by atoms with Gasteiger partial charge in [0.15, 0.2) is 5.78 Å². The first-order chi connectivity index (χ1) is 11.7. The molecule has 0 spiro atoms. The lowest BCUT2D eigenvalue weighted by atomic mass is 9.69. The molecule has 0 amide bonds. The summed E-state index contributed by atoms with van der Waals surface area (Å²) >= 11 is 0. The van der Waals surface area contributed by atoms with Crippen LogP contribution >= 0.6 is 0 Å². The molecule has 2 unspecified atom stereocenters. The number of aryl methyl sites for hydroxylation is 2. The van der Waals surface area contributed by atoms with Crippen LogP contribution in [-0.4, -0.2) is 5.78 Å². The molecule has 0 radical (unpaired) electrons. The minimum atomic E-state index is -0.826. The molecule has 3 rings (SSSR count). The first kappa shape index (κ1) is 16.0. The molecule has 3 heteroatoms. The molecule has 1 aliphatic rings. The lowest BCUT2D eigenvalue weighted by Crippen LogP contribution is -2.31. The Morgan fingerprint density at radius 2 is 1.79 bits per heavy atom. The molecule has 118 valence electrons. The highest BCUT2D eigenvalue weighted by molar-refractivity contribution is 6.00. The molecular weight excluding hydrogens is 296 g/mol. The van der Waals surface area contributed by atoms with Gasteiger partial charge in [-0.15, -0.1) is 0 Å². The predicted octanol–water partition coefficient (Wildman–Crippen LogP) is 4.19. The summed E-state index contributed by atoms with van der Waals surface area (Å²) < 4.78 is 0. The van der Waals surface area contributed by atoms with Gasteiger partial charge in [-0.25, -0.2) is 0 Å². The molecule has 1 aliphatic carbocycles. The number of carbonyl (C=O) groups excluding carboxylic acids is 1. The molecule has 0 aliphatic heterocycles. The summed E-state index contributed by atoms with van der Waals surface area (Å²) in [6.07, 6.45) is 1.48. The van der Waals surface area contributed by atoms with Crippen molar-refractivity contribution in [2.75, 3.05) is 0 Å². The average molecular weight is 314 g/mol. The van der Waals surface area contributed by atoms with Crippen molar-refractivity contribution in [2.24, 2.45) is 11.8 Å². The minimum absolute atomic E-state index is 0.0561. The van der Waals surface area contributed by atoms with Gasteiger partial charge in [-0.2, -0.15) is 10.5 Å². The SMILES string of the molecule is Cc1ccc2c(c1)CCC(C(c1ccccc1)C(C#N)C#N)C2=O. The summed E-state index contributed by atoms with van der Waals surface area (Å²) in [4.78, 5) is 13.1. The second kappa shape index (κ2) is 6.69. The zero-order valence-corrected chi connectivity index (χ0v) is 13.6. The Morgan fingerprint density at radius 1 is 1.08 bits per heavy atom. The Labute approximate surface area is 142 Å². The van der Waals surface area contributed by atoms with E-state index in [0.717, 1.165) is 28.7 Å². The molecule has 0 aromatic heterocycles. The quantitative estimate of drug-likeness (QED) is 0.853. The number of hydrogen-bond donors (Lipinski definition) is 0. The van der Waals surface area contributed by atoms with Crippen molar-refractivity contribution < 1.29 is 4.79 Å². The first-order valence-corrected chi connectivity index (χ1v) is 8.13. The molecule has 2 aromatic rings. The van der Waals surface area contributed by atoms with Gasteiger partial charge in [0.2, 0.25) is 0 Å². The number of ketones is 1. The van der Waals surface area contributed by atoms with Gasteiger partial charge in [0.1, 0.15) is 5.92 Å². The van der Waals surface area contributed by atoms with E-state index in [0.29, 0.717) is 6.42 Å². The van der Waals surface area contributed by atoms with E-state index in [1.807, 2.05) is 49.4 Å². The van der Waals surface area contributed by atoms with Crippen LogP contribution in [0, 0.1) is 41.4 Å². The van der Waals surface area contributed by atoms with Gasteiger partial charge >= 0.3 is 0 Å². The van der Waals surface area contributed by atoms with E-state index in [4.69, 9.17) is 0 Å². The second-order valence-electron chi connectivity index (χ2n) is 6.34. The molecule has 0 saturated carbocycles. The minimum Gasteiger partial charge on any atom is -0.294 e. The van der Waals surface area contributed by atoms with Crippen LogP contribution in [-0.2, 0) is 6.42 Å². The molecule has 3 nitrogen and oxygen atoms in total. The molecule has 0 heterocycles. The largest absolute Gasteiger partial charge is 0.294 e. The van der Waals surface area contributed by atoms with Crippen LogP contribution in [0.5, 0.6) is 0 Å². The third-order valence-electron chi connectivity index (χ3n) is 4.84. The maximum atomic E-state index is 13.1. The van der Waals surface area contributed by atoms with E-state index in [9.17, 15) is 15.3 Å². The van der Waals surface area contributed by atoms with Crippen molar-refractivity contribution in [1.82, 2.24) is 0 Å². The third-order valence-corrected chi connectivity index (χ3v) is 4.84. The van der Waals surface area contributed by atoms with Gasteiger partial charge in [0.25, 0.3) is 0 Å². The second-order valence-corrected chi connectivity index (χ2v) is 6.34. The van der Waals surface area contributed by atoms with Crippen molar-refractivity contribution in [3.8, 4) is 12.1 Å². The van der Waals surface area contributed by atoms with Gasteiger partial charge in [0.05, 0.1) is 12.1 Å². The van der Waals surface area contributed by atoms with Gasteiger partial charge < -0.3 is 0 Å². The molecule has 0 bridgehead atoms. The van der Waals surface area contributed by atoms with Gasteiger partial charge in [-0.1, -0.05) is 54.1 Å². The molecule has 2 atom stereocenters.